The van der Waals surface area contributed by atoms with E-state index < -0.39 is 23.1 Å². The first kappa shape index (κ1) is 17.5. The van der Waals surface area contributed by atoms with Crippen molar-refractivity contribution >= 4 is 17.7 Å². The standard InChI is InChI=1S/C18H18O6/c1-10-9-11(16(21)23-3)14(17(22)24-4)18(2,15(10)20)12-7-5-6-8-13(12)19/h5-9,19H,1-4H3. The van der Waals surface area contributed by atoms with Gasteiger partial charge in [-0.3, -0.25) is 4.79 Å². The molecule has 24 heavy (non-hydrogen) atoms. The van der Waals surface area contributed by atoms with E-state index in [1.165, 1.54) is 39.2 Å². The van der Waals surface area contributed by atoms with Gasteiger partial charge in [0.1, 0.15) is 5.75 Å². The smallest absolute Gasteiger partial charge is 0.338 e. The number of carbonyl (C=O) groups is 3. The van der Waals surface area contributed by atoms with Crippen molar-refractivity contribution in [2.24, 2.45) is 0 Å². The molecule has 0 radical (unpaired) electrons. The van der Waals surface area contributed by atoms with Crippen molar-refractivity contribution in [1.29, 1.82) is 0 Å². The number of aromatic hydroxyl groups is 1. The molecule has 6 nitrogen and oxygen atoms in total. The zero-order chi connectivity index (χ0) is 18.1. The fraction of sp³-hybridized carbons (Fsp3) is 0.278. The third-order valence-corrected chi connectivity index (χ3v) is 4.18. The molecule has 1 aliphatic carbocycles. The first-order chi connectivity index (χ1) is 11.3. The summed E-state index contributed by atoms with van der Waals surface area (Å²) in [5.74, 6) is -2.16. The number of methoxy groups -OCH3 is 2. The summed E-state index contributed by atoms with van der Waals surface area (Å²) in [7, 11) is 2.34. The van der Waals surface area contributed by atoms with Crippen LogP contribution in [0.4, 0.5) is 0 Å². The lowest BCUT2D eigenvalue weighted by Crippen LogP contribution is -2.42. The van der Waals surface area contributed by atoms with Gasteiger partial charge in [0.05, 0.1) is 30.8 Å². The Morgan fingerprint density at radius 3 is 2.21 bits per heavy atom. The Balaban J connectivity index is 2.90. The Hall–Kier alpha value is -2.89. The van der Waals surface area contributed by atoms with E-state index in [1.54, 1.807) is 12.1 Å². The topological polar surface area (TPSA) is 89.9 Å². The molecule has 0 aliphatic heterocycles. The maximum absolute atomic E-state index is 12.9. The quantitative estimate of drug-likeness (QED) is 0.850. The molecular formula is C18H18O6. The van der Waals surface area contributed by atoms with E-state index in [4.69, 9.17) is 9.47 Å². The normalized spacial score (nSPS) is 20.5. The second-order valence-electron chi connectivity index (χ2n) is 5.57. The van der Waals surface area contributed by atoms with Crippen LogP contribution in [0.25, 0.3) is 0 Å². The van der Waals surface area contributed by atoms with Gasteiger partial charge in [0.25, 0.3) is 0 Å². The number of ether oxygens (including phenoxy) is 2. The number of rotatable bonds is 3. The Morgan fingerprint density at radius 2 is 1.67 bits per heavy atom. The van der Waals surface area contributed by atoms with Crippen molar-refractivity contribution in [1.82, 2.24) is 0 Å². The average molecular weight is 330 g/mol. The maximum Gasteiger partial charge on any atom is 0.338 e. The number of ketones is 1. The molecule has 0 aromatic heterocycles. The number of carbonyl (C=O) groups excluding carboxylic acids is 3. The van der Waals surface area contributed by atoms with Crippen molar-refractivity contribution in [2.75, 3.05) is 14.2 Å². The van der Waals surface area contributed by atoms with Crippen LogP contribution < -0.4 is 0 Å². The molecule has 0 saturated heterocycles. The third kappa shape index (κ3) is 2.50. The van der Waals surface area contributed by atoms with E-state index in [1.807, 2.05) is 0 Å². The second-order valence-corrected chi connectivity index (χ2v) is 5.57. The van der Waals surface area contributed by atoms with E-state index in [-0.39, 0.29) is 28.0 Å². The van der Waals surface area contributed by atoms with Crippen LogP contribution in [0.3, 0.4) is 0 Å². The van der Waals surface area contributed by atoms with E-state index in [9.17, 15) is 19.5 Å². The molecule has 1 aliphatic rings. The summed E-state index contributed by atoms with van der Waals surface area (Å²) in [6.07, 6.45) is 1.31. The van der Waals surface area contributed by atoms with Crippen molar-refractivity contribution in [2.45, 2.75) is 19.3 Å². The van der Waals surface area contributed by atoms with Gasteiger partial charge in [0.2, 0.25) is 0 Å². The van der Waals surface area contributed by atoms with Gasteiger partial charge >= 0.3 is 11.9 Å². The zero-order valence-corrected chi connectivity index (χ0v) is 13.9. The van der Waals surface area contributed by atoms with Gasteiger partial charge in [0, 0.05) is 5.56 Å². The van der Waals surface area contributed by atoms with Crippen LogP contribution in [0.2, 0.25) is 0 Å². The predicted molar refractivity (Wildman–Crippen MR) is 85.3 cm³/mol. The lowest BCUT2D eigenvalue weighted by atomic mass is 9.66. The molecule has 0 spiro atoms. The highest BCUT2D eigenvalue weighted by Gasteiger charge is 2.49. The fourth-order valence-electron chi connectivity index (χ4n) is 2.97. The molecule has 1 aromatic carbocycles. The van der Waals surface area contributed by atoms with E-state index in [2.05, 4.69) is 0 Å². The molecule has 1 aromatic rings. The SMILES string of the molecule is COC(=O)C1=C(C(=O)OC)C(C)(c2ccccc2O)C(=O)C(C)=C1. The van der Waals surface area contributed by atoms with Crippen LogP contribution in [0.15, 0.2) is 47.1 Å². The minimum atomic E-state index is -1.57. The van der Waals surface area contributed by atoms with E-state index >= 15 is 0 Å². The Labute approximate surface area is 139 Å². The summed E-state index contributed by atoms with van der Waals surface area (Å²) in [6.45, 7) is 3.02. The molecule has 0 fully saturated rings. The maximum atomic E-state index is 12.9. The van der Waals surface area contributed by atoms with Crippen LogP contribution in [0.5, 0.6) is 5.75 Å². The summed E-state index contributed by atoms with van der Waals surface area (Å²) in [6, 6.07) is 6.17. The predicted octanol–water partition coefficient (Wildman–Crippen LogP) is 1.82. The highest BCUT2D eigenvalue weighted by Crippen LogP contribution is 2.44. The molecule has 1 unspecified atom stereocenters. The number of esters is 2. The molecule has 0 heterocycles. The Kier molecular flexibility index (Phi) is 4.59. The summed E-state index contributed by atoms with van der Waals surface area (Å²) in [4.78, 5) is 37.5. The minimum Gasteiger partial charge on any atom is -0.508 e. The number of phenolic OH excluding ortho intramolecular Hbond substituents is 1. The van der Waals surface area contributed by atoms with Gasteiger partial charge in [-0.2, -0.15) is 0 Å². The molecule has 0 bridgehead atoms. The van der Waals surface area contributed by atoms with Crippen LogP contribution in [-0.4, -0.2) is 37.0 Å². The highest BCUT2D eigenvalue weighted by molar-refractivity contribution is 6.18. The molecule has 2 rings (SSSR count). The van der Waals surface area contributed by atoms with Crippen molar-refractivity contribution in [3.05, 3.63) is 52.6 Å². The summed E-state index contributed by atoms with van der Waals surface area (Å²) < 4.78 is 9.52. The molecule has 126 valence electrons. The first-order valence-electron chi connectivity index (χ1n) is 7.22. The Morgan fingerprint density at radius 1 is 1.08 bits per heavy atom. The summed E-state index contributed by atoms with van der Waals surface area (Å²) in [5, 5.41) is 10.2. The minimum absolute atomic E-state index is 0.0628. The monoisotopic (exact) mass is 330 g/mol. The van der Waals surface area contributed by atoms with Crippen molar-refractivity contribution in [3.63, 3.8) is 0 Å². The zero-order valence-electron chi connectivity index (χ0n) is 13.9. The van der Waals surface area contributed by atoms with Crippen molar-refractivity contribution < 1.29 is 29.0 Å². The van der Waals surface area contributed by atoms with Gasteiger partial charge < -0.3 is 14.6 Å². The summed E-state index contributed by atoms with van der Waals surface area (Å²) in [5.41, 5.74) is -1.31. The number of benzene rings is 1. The lowest BCUT2D eigenvalue weighted by Gasteiger charge is -2.34. The number of hydrogen-bond donors (Lipinski definition) is 1. The van der Waals surface area contributed by atoms with Gasteiger partial charge in [-0.1, -0.05) is 18.2 Å². The van der Waals surface area contributed by atoms with Crippen LogP contribution >= 0.6 is 0 Å². The van der Waals surface area contributed by atoms with Crippen LogP contribution in [-0.2, 0) is 29.3 Å². The first-order valence-corrected chi connectivity index (χ1v) is 7.22. The second kappa shape index (κ2) is 6.31. The van der Waals surface area contributed by atoms with E-state index in [0.29, 0.717) is 0 Å². The molecule has 0 amide bonds. The lowest BCUT2D eigenvalue weighted by molar-refractivity contribution is -0.140. The highest BCUT2D eigenvalue weighted by atomic mass is 16.5. The number of para-hydroxylation sites is 1. The number of Topliss-reactive ketones (excluding diaryl/α,β-unsaturated/α-hetero) is 1. The van der Waals surface area contributed by atoms with Gasteiger partial charge in [-0.25, -0.2) is 9.59 Å². The van der Waals surface area contributed by atoms with Crippen LogP contribution in [0, 0.1) is 0 Å². The Bertz CT molecular complexity index is 786. The third-order valence-electron chi connectivity index (χ3n) is 4.18. The fourth-order valence-corrected chi connectivity index (χ4v) is 2.97. The molecular weight excluding hydrogens is 312 g/mol. The van der Waals surface area contributed by atoms with Crippen molar-refractivity contribution in [3.8, 4) is 5.75 Å². The number of phenols is 1. The number of allylic oxidation sites excluding steroid dienone is 1. The molecule has 1 atom stereocenters. The summed E-state index contributed by atoms with van der Waals surface area (Å²) >= 11 is 0. The molecule has 1 N–H and O–H groups in total. The van der Waals surface area contributed by atoms with Gasteiger partial charge in [-0.15, -0.1) is 0 Å². The largest absolute Gasteiger partial charge is 0.508 e. The average Bonchev–Trinajstić information content (AvgIpc) is 2.58. The van der Waals surface area contributed by atoms with E-state index in [0.717, 1.165) is 7.11 Å². The molecule has 0 saturated carbocycles. The van der Waals surface area contributed by atoms with Gasteiger partial charge in [-0.05, 0) is 31.6 Å². The van der Waals surface area contributed by atoms with Crippen LogP contribution in [0.1, 0.15) is 19.4 Å². The van der Waals surface area contributed by atoms with Gasteiger partial charge in [0.15, 0.2) is 5.78 Å². The number of hydrogen-bond acceptors (Lipinski definition) is 6. The molecule has 6 heteroatoms.